The van der Waals surface area contributed by atoms with E-state index in [0.717, 1.165) is 10.6 Å². The standard InChI is InChI=1S/C11H12N2O6/c1-2-18-9-6(5-14)19-10(8(9)16)13-4-3-7(15)12-11(13)17/h1,3-4,6,8-10,14,16H,5H2,(H,12,15,17)/t6-,8?,9+,10-/m1/s1. The summed E-state index contributed by atoms with van der Waals surface area (Å²) in [7, 11) is 0. The number of hydrogen-bond donors (Lipinski definition) is 3. The molecule has 0 saturated carbocycles. The second-order valence-electron chi connectivity index (χ2n) is 3.96. The lowest BCUT2D eigenvalue weighted by Gasteiger charge is -2.17. The van der Waals surface area contributed by atoms with Gasteiger partial charge in [-0.15, -0.1) is 0 Å². The number of aliphatic hydroxyl groups is 2. The molecule has 0 amide bonds. The summed E-state index contributed by atoms with van der Waals surface area (Å²) >= 11 is 0. The highest BCUT2D eigenvalue weighted by Gasteiger charge is 2.46. The number of nitrogens with zero attached hydrogens (tertiary/aromatic N) is 1. The van der Waals surface area contributed by atoms with E-state index in [9.17, 15) is 14.7 Å². The molecule has 4 atom stereocenters. The molecule has 1 fully saturated rings. The summed E-state index contributed by atoms with van der Waals surface area (Å²) < 4.78 is 11.1. The first-order valence-electron chi connectivity index (χ1n) is 5.45. The molecule has 1 aliphatic heterocycles. The lowest BCUT2D eigenvalue weighted by Crippen LogP contribution is -2.38. The van der Waals surface area contributed by atoms with Crippen LogP contribution in [0.1, 0.15) is 6.23 Å². The van der Waals surface area contributed by atoms with Gasteiger partial charge >= 0.3 is 5.69 Å². The minimum atomic E-state index is -1.25. The number of nitrogens with one attached hydrogen (secondary N) is 1. The van der Waals surface area contributed by atoms with Crippen molar-refractivity contribution in [2.24, 2.45) is 0 Å². The van der Waals surface area contributed by atoms with Crippen molar-refractivity contribution < 1.29 is 19.7 Å². The maximum absolute atomic E-state index is 11.6. The Morgan fingerprint density at radius 1 is 1.58 bits per heavy atom. The van der Waals surface area contributed by atoms with Crippen LogP contribution in [-0.2, 0) is 9.47 Å². The second kappa shape index (κ2) is 5.27. The molecule has 0 bridgehead atoms. The monoisotopic (exact) mass is 268 g/mol. The molecule has 3 N–H and O–H groups in total. The minimum Gasteiger partial charge on any atom is -0.438 e. The van der Waals surface area contributed by atoms with E-state index in [1.165, 1.54) is 6.20 Å². The summed E-state index contributed by atoms with van der Waals surface area (Å²) in [5.41, 5.74) is -1.31. The summed E-state index contributed by atoms with van der Waals surface area (Å²) in [5.74, 6) is 0. The average Bonchev–Trinajstić information content (AvgIpc) is 2.68. The zero-order valence-electron chi connectivity index (χ0n) is 9.72. The number of rotatable bonds is 3. The molecule has 0 radical (unpaired) electrons. The SMILES string of the molecule is C#CO[C@@H]1C(O)[C@H](n2ccc(=O)[nH]c2=O)O[C@@H]1CO. The number of ether oxygens (including phenoxy) is 2. The molecule has 2 heterocycles. The molecule has 8 nitrogen and oxygen atoms in total. The molecule has 0 aliphatic carbocycles. The Morgan fingerprint density at radius 2 is 2.32 bits per heavy atom. The van der Waals surface area contributed by atoms with Gasteiger partial charge in [-0.3, -0.25) is 14.3 Å². The van der Waals surface area contributed by atoms with Gasteiger partial charge in [0, 0.05) is 12.3 Å². The van der Waals surface area contributed by atoms with Gasteiger partial charge in [0.1, 0.15) is 18.3 Å². The summed E-state index contributed by atoms with van der Waals surface area (Å²) in [5, 5.41) is 19.1. The van der Waals surface area contributed by atoms with Crippen LogP contribution in [0.3, 0.4) is 0 Å². The summed E-state index contributed by atoms with van der Waals surface area (Å²) in [6, 6.07) is 1.11. The number of aliphatic hydroxyl groups excluding tert-OH is 2. The number of aromatic amines is 1. The Morgan fingerprint density at radius 3 is 2.89 bits per heavy atom. The molecule has 1 unspecified atom stereocenters. The van der Waals surface area contributed by atoms with Crippen LogP contribution in [-0.4, -0.2) is 44.7 Å². The Balaban J connectivity index is 2.34. The molecule has 1 aliphatic rings. The van der Waals surface area contributed by atoms with Crippen molar-refractivity contribution in [3.8, 4) is 12.5 Å². The van der Waals surface area contributed by atoms with Crippen LogP contribution in [0.15, 0.2) is 21.9 Å². The van der Waals surface area contributed by atoms with E-state index in [4.69, 9.17) is 21.0 Å². The van der Waals surface area contributed by atoms with Crippen LogP contribution in [0.2, 0.25) is 0 Å². The van der Waals surface area contributed by atoms with Crippen LogP contribution >= 0.6 is 0 Å². The Labute approximate surface area is 107 Å². The maximum atomic E-state index is 11.6. The molecule has 2 rings (SSSR count). The fourth-order valence-electron chi connectivity index (χ4n) is 1.95. The van der Waals surface area contributed by atoms with Crippen LogP contribution < -0.4 is 11.2 Å². The quantitative estimate of drug-likeness (QED) is 0.534. The molecule has 1 aromatic rings. The highest BCUT2D eigenvalue weighted by molar-refractivity contribution is 4.95. The van der Waals surface area contributed by atoms with Crippen LogP contribution in [0.25, 0.3) is 0 Å². The normalized spacial score (nSPS) is 29.9. The molecule has 0 spiro atoms. The third kappa shape index (κ3) is 2.39. The Hall–Kier alpha value is -2.08. The lowest BCUT2D eigenvalue weighted by atomic mass is 10.1. The first kappa shape index (κ1) is 13.4. The van der Waals surface area contributed by atoms with E-state index in [2.05, 4.69) is 0 Å². The highest BCUT2D eigenvalue weighted by atomic mass is 16.6. The fourth-order valence-corrected chi connectivity index (χ4v) is 1.95. The van der Waals surface area contributed by atoms with Crippen molar-refractivity contribution in [2.45, 2.75) is 24.5 Å². The van der Waals surface area contributed by atoms with Gasteiger partial charge in [-0.05, 0) is 0 Å². The smallest absolute Gasteiger partial charge is 0.330 e. The Bertz CT molecular complexity index is 600. The lowest BCUT2D eigenvalue weighted by molar-refractivity contribution is -0.0550. The fraction of sp³-hybridized carbons (Fsp3) is 0.455. The first-order chi connectivity index (χ1) is 9.08. The Kier molecular flexibility index (Phi) is 3.71. The third-order valence-electron chi connectivity index (χ3n) is 2.82. The van der Waals surface area contributed by atoms with Gasteiger partial charge in [0.05, 0.1) is 6.61 Å². The van der Waals surface area contributed by atoms with Gasteiger partial charge in [0.15, 0.2) is 12.3 Å². The van der Waals surface area contributed by atoms with Crippen molar-refractivity contribution in [1.82, 2.24) is 9.55 Å². The van der Waals surface area contributed by atoms with Gasteiger partial charge in [-0.25, -0.2) is 4.79 Å². The largest absolute Gasteiger partial charge is 0.438 e. The molecule has 1 saturated heterocycles. The molecule has 1 aromatic heterocycles. The molecule has 102 valence electrons. The molecule has 8 heteroatoms. The van der Waals surface area contributed by atoms with Gasteiger partial charge in [-0.1, -0.05) is 6.42 Å². The van der Waals surface area contributed by atoms with E-state index in [1.54, 1.807) is 0 Å². The van der Waals surface area contributed by atoms with Crippen LogP contribution in [0.4, 0.5) is 0 Å². The van der Waals surface area contributed by atoms with Crippen LogP contribution in [0.5, 0.6) is 0 Å². The van der Waals surface area contributed by atoms with Gasteiger partial charge in [0.25, 0.3) is 5.56 Å². The molecule has 0 aromatic carbocycles. The molecular formula is C11H12N2O6. The van der Waals surface area contributed by atoms with E-state index in [-0.39, 0.29) is 0 Å². The van der Waals surface area contributed by atoms with E-state index in [1.807, 2.05) is 11.1 Å². The molecular weight excluding hydrogens is 256 g/mol. The van der Waals surface area contributed by atoms with Crippen molar-refractivity contribution in [1.29, 1.82) is 0 Å². The summed E-state index contributed by atoms with van der Waals surface area (Å²) in [6.45, 7) is -0.433. The van der Waals surface area contributed by atoms with Crippen molar-refractivity contribution in [3.05, 3.63) is 33.1 Å². The topological polar surface area (TPSA) is 114 Å². The number of hydrogen-bond acceptors (Lipinski definition) is 6. The zero-order valence-corrected chi connectivity index (χ0v) is 9.72. The maximum Gasteiger partial charge on any atom is 0.330 e. The third-order valence-corrected chi connectivity index (χ3v) is 2.82. The summed E-state index contributed by atoms with van der Waals surface area (Å²) in [6.07, 6.45) is 3.90. The van der Waals surface area contributed by atoms with Crippen molar-refractivity contribution in [3.63, 3.8) is 0 Å². The van der Waals surface area contributed by atoms with Crippen molar-refractivity contribution >= 4 is 0 Å². The average molecular weight is 268 g/mol. The predicted molar refractivity (Wildman–Crippen MR) is 62.0 cm³/mol. The highest BCUT2D eigenvalue weighted by Crippen LogP contribution is 2.29. The zero-order chi connectivity index (χ0) is 14.0. The number of aromatic nitrogens is 2. The first-order valence-corrected chi connectivity index (χ1v) is 5.45. The van der Waals surface area contributed by atoms with Crippen LogP contribution in [0, 0.1) is 12.5 Å². The van der Waals surface area contributed by atoms with Gasteiger partial charge in [0.2, 0.25) is 0 Å². The van der Waals surface area contributed by atoms with Gasteiger partial charge in [-0.2, -0.15) is 0 Å². The number of H-pyrrole nitrogens is 1. The van der Waals surface area contributed by atoms with Crippen molar-refractivity contribution in [2.75, 3.05) is 6.61 Å². The minimum absolute atomic E-state index is 0.433. The van der Waals surface area contributed by atoms with E-state index >= 15 is 0 Å². The molecule has 19 heavy (non-hydrogen) atoms. The summed E-state index contributed by atoms with van der Waals surface area (Å²) in [4.78, 5) is 24.6. The van der Waals surface area contributed by atoms with E-state index < -0.39 is 42.4 Å². The number of terminal acetylenes is 1. The van der Waals surface area contributed by atoms with E-state index in [0.29, 0.717) is 0 Å². The van der Waals surface area contributed by atoms with Gasteiger partial charge < -0.3 is 19.7 Å². The second-order valence-corrected chi connectivity index (χ2v) is 3.96. The predicted octanol–water partition coefficient (Wildman–Crippen LogP) is -2.24.